The number of nitrogens with zero attached hydrogens (tertiary/aromatic N) is 2. The van der Waals surface area contributed by atoms with Crippen LogP contribution in [0.3, 0.4) is 0 Å². The molecule has 2 aliphatic rings. The van der Waals surface area contributed by atoms with Crippen LogP contribution in [0.25, 0.3) is 0 Å². The molecule has 1 N–H and O–H groups in total. The Labute approximate surface area is 160 Å². The van der Waals surface area contributed by atoms with E-state index in [9.17, 15) is 13.2 Å². The molecule has 1 aliphatic carbocycles. The van der Waals surface area contributed by atoms with Crippen molar-refractivity contribution in [1.29, 1.82) is 0 Å². The summed E-state index contributed by atoms with van der Waals surface area (Å²) < 4.78 is 37.6. The van der Waals surface area contributed by atoms with Crippen LogP contribution in [-0.4, -0.2) is 76.1 Å². The Hall–Kier alpha value is -1.42. The van der Waals surface area contributed by atoms with E-state index in [1.54, 1.807) is 12.0 Å². The number of furan rings is 1. The van der Waals surface area contributed by atoms with E-state index in [0.717, 1.165) is 38.8 Å². The van der Waals surface area contributed by atoms with Crippen LogP contribution >= 0.6 is 0 Å². The van der Waals surface area contributed by atoms with Crippen LogP contribution in [-0.2, 0) is 14.8 Å². The fraction of sp³-hybridized carbons (Fsp3) is 0.722. The molecular formula is C18H29N3O5S. The normalized spacial score (nSPS) is 21.6. The maximum absolute atomic E-state index is 12.8. The molecule has 1 unspecified atom stereocenters. The second kappa shape index (κ2) is 8.72. The third-order valence-electron chi connectivity index (χ3n) is 5.05. The molecule has 0 radical (unpaired) electrons. The molecule has 2 heterocycles. The second-order valence-electron chi connectivity index (χ2n) is 7.24. The highest BCUT2D eigenvalue weighted by Gasteiger charge is 2.33. The van der Waals surface area contributed by atoms with Crippen molar-refractivity contribution < 1.29 is 22.4 Å². The largest absolute Gasteiger partial charge is 0.438 e. The van der Waals surface area contributed by atoms with E-state index >= 15 is 0 Å². The summed E-state index contributed by atoms with van der Waals surface area (Å²) in [6.45, 7) is 5.62. The number of piperazine rings is 1. The number of nitrogens with one attached hydrogen (secondary N) is 1. The Morgan fingerprint density at radius 1 is 1.33 bits per heavy atom. The highest BCUT2D eigenvalue weighted by molar-refractivity contribution is 7.89. The van der Waals surface area contributed by atoms with Gasteiger partial charge in [-0.2, -0.15) is 0 Å². The smallest absolute Gasteiger partial charge is 0.289 e. The number of methoxy groups -OCH3 is 1. The highest BCUT2D eigenvalue weighted by atomic mass is 32.2. The van der Waals surface area contributed by atoms with Crippen molar-refractivity contribution in [2.45, 2.75) is 49.8 Å². The van der Waals surface area contributed by atoms with Crippen LogP contribution in [0.2, 0.25) is 0 Å². The van der Waals surface area contributed by atoms with Gasteiger partial charge in [0, 0.05) is 45.4 Å². The fourth-order valence-corrected chi connectivity index (χ4v) is 4.64. The summed E-state index contributed by atoms with van der Waals surface area (Å²) in [5, 5.41) is -0.193. The number of carbonyl (C=O) groups is 1. The number of rotatable bonds is 9. The molecule has 2 fully saturated rings. The van der Waals surface area contributed by atoms with Gasteiger partial charge in [-0.15, -0.1) is 0 Å². The Morgan fingerprint density at radius 3 is 2.78 bits per heavy atom. The van der Waals surface area contributed by atoms with Gasteiger partial charge in [0.25, 0.3) is 15.9 Å². The molecule has 152 valence electrons. The first-order valence-electron chi connectivity index (χ1n) is 9.59. The first kappa shape index (κ1) is 20.3. The van der Waals surface area contributed by atoms with Crippen molar-refractivity contribution >= 4 is 15.9 Å². The molecule has 1 aromatic heterocycles. The average Bonchev–Trinajstić information content (AvgIpc) is 3.29. The zero-order chi connectivity index (χ0) is 19.4. The van der Waals surface area contributed by atoms with E-state index in [2.05, 4.69) is 16.5 Å². The molecule has 8 nitrogen and oxygen atoms in total. The topological polar surface area (TPSA) is 92.1 Å². The zero-order valence-corrected chi connectivity index (χ0v) is 16.8. The van der Waals surface area contributed by atoms with Gasteiger partial charge in [-0.05, 0) is 31.4 Å². The standard InChI is InChI=1S/C18H29N3O5S/c1-3-4-15-13-21(10-9-20(15)11-12-25-2)18(22)16-7-8-17(26-16)27(23,24)19-14-5-6-14/h7-8,14-15,19H,3-6,9-13H2,1-2H3. The van der Waals surface area contributed by atoms with Crippen LogP contribution < -0.4 is 4.72 Å². The molecule has 27 heavy (non-hydrogen) atoms. The Kier molecular flexibility index (Phi) is 6.56. The quantitative estimate of drug-likeness (QED) is 0.673. The molecule has 3 rings (SSSR count). The Bertz CT molecular complexity index is 744. The summed E-state index contributed by atoms with van der Waals surface area (Å²) in [6.07, 6.45) is 3.72. The van der Waals surface area contributed by atoms with Crippen molar-refractivity contribution in [3.8, 4) is 0 Å². The van der Waals surface area contributed by atoms with E-state index < -0.39 is 10.0 Å². The lowest BCUT2D eigenvalue weighted by Gasteiger charge is -2.41. The zero-order valence-electron chi connectivity index (χ0n) is 16.0. The van der Waals surface area contributed by atoms with Gasteiger partial charge in [0.05, 0.1) is 6.61 Å². The lowest BCUT2D eigenvalue weighted by atomic mass is 10.1. The number of carbonyl (C=O) groups excluding carboxylic acids is 1. The molecular weight excluding hydrogens is 370 g/mol. The molecule has 1 saturated heterocycles. The van der Waals surface area contributed by atoms with Crippen molar-refractivity contribution in [3.05, 3.63) is 17.9 Å². The molecule has 0 spiro atoms. The van der Waals surface area contributed by atoms with E-state index in [1.165, 1.54) is 12.1 Å². The van der Waals surface area contributed by atoms with Crippen molar-refractivity contribution in [1.82, 2.24) is 14.5 Å². The Morgan fingerprint density at radius 2 is 2.11 bits per heavy atom. The van der Waals surface area contributed by atoms with E-state index in [-0.39, 0.29) is 28.8 Å². The summed E-state index contributed by atoms with van der Waals surface area (Å²) in [5.74, 6) is -0.179. The van der Waals surface area contributed by atoms with Gasteiger partial charge in [-0.3, -0.25) is 9.69 Å². The fourth-order valence-electron chi connectivity index (χ4n) is 3.40. The van der Waals surface area contributed by atoms with Crippen LogP contribution in [0.15, 0.2) is 21.6 Å². The predicted octanol–water partition coefficient (Wildman–Crippen LogP) is 1.29. The SMILES string of the molecule is CCCC1CN(C(=O)c2ccc(S(=O)(=O)NC3CC3)o2)CCN1CCOC. The van der Waals surface area contributed by atoms with Crippen LogP contribution in [0.5, 0.6) is 0 Å². The van der Waals surface area contributed by atoms with Gasteiger partial charge in [0.2, 0.25) is 5.09 Å². The van der Waals surface area contributed by atoms with Crippen LogP contribution in [0, 0.1) is 0 Å². The number of amides is 1. The number of ether oxygens (including phenoxy) is 1. The molecule has 1 amide bonds. The number of hydrogen-bond donors (Lipinski definition) is 1. The van der Waals surface area contributed by atoms with Crippen molar-refractivity contribution in [2.75, 3.05) is 39.9 Å². The van der Waals surface area contributed by atoms with Gasteiger partial charge in [-0.25, -0.2) is 13.1 Å². The van der Waals surface area contributed by atoms with Gasteiger partial charge in [-0.1, -0.05) is 13.3 Å². The molecule has 0 bridgehead atoms. The summed E-state index contributed by atoms with van der Waals surface area (Å²) in [6, 6.07) is 3.08. The van der Waals surface area contributed by atoms with E-state index in [4.69, 9.17) is 9.15 Å². The van der Waals surface area contributed by atoms with Gasteiger partial charge >= 0.3 is 0 Å². The van der Waals surface area contributed by atoms with Crippen molar-refractivity contribution in [3.63, 3.8) is 0 Å². The third kappa shape index (κ3) is 5.10. The second-order valence-corrected chi connectivity index (χ2v) is 8.88. The summed E-state index contributed by atoms with van der Waals surface area (Å²) in [5.41, 5.74) is 0. The molecule has 9 heteroatoms. The molecule has 1 aromatic rings. The first-order chi connectivity index (χ1) is 12.9. The van der Waals surface area contributed by atoms with Gasteiger partial charge < -0.3 is 14.1 Å². The molecule has 1 aliphatic heterocycles. The summed E-state index contributed by atoms with van der Waals surface area (Å²) in [7, 11) is -2.00. The lowest BCUT2D eigenvalue weighted by molar-refractivity contribution is 0.0347. The summed E-state index contributed by atoms with van der Waals surface area (Å²) in [4.78, 5) is 16.9. The third-order valence-corrected chi connectivity index (χ3v) is 6.45. The average molecular weight is 400 g/mol. The van der Waals surface area contributed by atoms with Crippen LogP contribution in [0.1, 0.15) is 43.2 Å². The highest BCUT2D eigenvalue weighted by Crippen LogP contribution is 2.24. The van der Waals surface area contributed by atoms with Gasteiger partial charge in [0.15, 0.2) is 5.76 Å². The number of hydrogen-bond acceptors (Lipinski definition) is 6. The number of sulfonamides is 1. The molecule has 1 atom stereocenters. The Balaban J connectivity index is 1.65. The lowest BCUT2D eigenvalue weighted by Crippen LogP contribution is -2.55. The molecule has 1 saturated carbocycles. The van der Waals surface area contributed by atoms with Crippen LogP contribution in [0.4, 0.5) is 0 Å². The minimum absolute atomic E-state index is 0.00534. The minimum atomic E-state index is -3.69. The molecule has 0 aromatic carbocycles. The predicted molar refractivity (Wildman–Crippen MR) is 100 cm³/mol. The first-order valence-corrected chi connectivity index (χ1v) is 11.1. The van der Waals surface area contributed by atoms with E-state index in [0.29, 0.717) is 19.7 Å². The van der Waals surface area contributed by atoms with E-state index in [1.807, 2.05) is 0 Å². The monoisotopic (exact) mass is 399 g/mol. The maximum Gasteiger partial charge on any atom is 0.289 e. The van der Waals surface area contributed by atoms with Crippen molar-refractivity contribution in [2.24, 2.45) is 0 Å². The maximum atomic E-state index is 12.8. The van der Waals surface area contributed by atoms with Gasteiger partial charge in [0.1, 0.15) is 0 Å². The summed E-state index contributed by atoms with van der Waals surface area (Å²) >= 11 is 0. The minimum Gasteiger partial charge on any atom is -0.438 e.